The van der Waals surface area contributed by atoms with E-state index in [1.54, 1.807) is 0 Å². The summed E-state index contributed by atoms with van der Waals surface area (Å²) in [6.45, 7) is 0. The van der Waals surface area contributed by atoms with E-state index in [4.69, 9.17) is 17.0 Å². The lowest BCUT2D eigenvalue weighted by molar-refractivity contribution is 0.0607. The third kappa shape index (κ3) is 3.64. The van der Waals surface area contributed by atoms with E-state index in [1.165, 1.54) is 37.7 Å². The topological polar surface area (TPSA) is 50.4 Å². The van der Waals surface area contributed by atoms with Gasteiger partial charge in [-0.1, -0.05) is 37.5 Å². The number of hydrogen-bond donors (Lipinski definition) is 2. The van der Waals surface area contributed by atoms with Gasteiger partial charge in [0.2, 0.25) is 0 Å². The van der Waals surface area contributed by atoms with Crippen LogP contribution in [0, 0.1) is 0 Å². The minimum absolute atomic E-state index is 0.339. The quantitative estimate of drug-likeness (QED) is 0.639. The van der Waals surface area contributed by atoms with Crippen molar-refractivity contribution in [3.05, 3.63) is 29.1 Å². The molecule has 1 saturated carbocycles. The van der Waals surface area contributed by atoms with Gasteiger partial charge in [-0.2, -0.15) is 0 Å². The molecule has 122 valence electrons. The van der Waals surface area contributed by atoms with Crippen LogP contribution >= 0.6 is 23.6 Å². The third-order valence-corrected chi connectivity index (χ3v) is 5.52. The van der Waals surface area contributed by atoms with Crippen LogP contribution in [0.25, 0.3) is 10.1 Å². The summed E-state index contributed by atoms with van der Waals surface area (Å²) in [4.78, 5) is 12.6. The molecule has 3 rings (SSSR count). The largest absolute Gasteiger partial charge is 0.465 e. The van der Waals surface area contributed by atoms with Crippen LogP contribution in [0.4, 0.5) is 5.69 Å². The number of carbonyl (C=O) groups excluding carboxylic acids is 1. The molecule has 1 aromatic heterocycles. The zero-order valence-corrected chi connectivity index (χ0v) is 14.7. The number of nitrogens with one attached hydrogen (secondary N) is 2. The van der Waals surface area contributed by atoms with Crippen molar-refractivity contribution in [1.29, 1.82) is 0 Å². The Morgan fingerprint density at radius 2 is 2.00 bits per heavy atom. The first-order chi connectivity index (χ1) is 11.2. The first-order valence-electron chi connectivity index (χ1n) is 7.86. The molecule has 0 saturated heterocycles. The normalized spacial score (nSPS) is 15.3. The number of fused-ring (bicyclic) bond motifs is 1. The van der Waals surface area contributed by atoms with E-state index in [2.05, 4.69) is 10.6 Å². The van der Waals surface area contributed by atoms with Gasteiger partial charge in [0.25, 0.3) is 0 Å². The number of rotatable bonds is 3. The van der Waals surface area contributed by atoms with Crippen LogP contribution in [0.3, 0.4) is 0 Å². The molecule has 4 nitrogen and oxygen atoms in total. The van der Waals surface area contributed by atoms with Gasteiger partial charge in [-0.25, -0.2) is 4.79 Å². The smallest absolute Gasteiger partial charge is 0.350 e. The highest BCUT2D eigenvalue weighted by Gasteiger charge is 2.21. The van der Waals surface area contributed by atoms with Gasteiger partial charge in [-0.3, -0.25) is 0 Å². The molecule has 0 bridgehead atoms. The summed E-state index contributed by atoms with van der Waals surface area (Å²) < 4.78 is 5.94. The second-order valence-electron chi connectivity index (χ2n) is 5.73. The minimum Gasteiger partial charge on any atom is -0.465 e. The predicted molar refractivity (Wildman–Crippen MR) is 99.4 cm³/mol. The van der Waals surface area contributed by atoms with Crippen molar-refractivity contribution in [2.45, 2.75) is 38.1 Å². The zero-order valence-electron chi connectivity index (χ0n) is 13.1. The van der Waals surface area contributed by atoms with Gasteiger partial charge in [-0.15, -0.1) is 11.3 Å². The zero-order chi connectivity index (χ0) is 16.2. The standard InChI is InChI=1S/C17H20N2O2S2/c1-21-16(20)15-14(12-9-5-6-10-13(12)23-15)19-17(22)18-11-7-3-2-4-8-11/h5-6,9-11H,2-4,7-8H2,1H3,(H2,18,19,22). The Labute approximate surface area is 145 Å². The summed E-state index contributed by atoms with van der Waals surface area (Å²) in [5.74, 6) is -0.339. The second kappa shape index (κ2) is 7.27. The fourth-order valence-electron chi connectivity index (χ4n) is 2.99. The highest BCUT2D eigenvalue weighted by Crippen LogP contribution is 2.36. The molecule has 1 fully saturated rings. The molecule has 6 heteroatoms. The molecule has 0 amide bonds. The van der Waals surface area contributed by atoms with Gasteiger partial charge in [-0.05, 0) is 31.1 Å². The highest BCUT2D eigenvalue weighted by molar-refractivity contribution is 7.80. The molecule has 0 atom stereocenters. The first kappa shape index (κ1) is 16.2. The summed E-state index contributed by atoms with van der Waals surface area (Å²) >= 11 is 6.88. The van der Waals surface area contributed by atoms with Crippen molar-refractivity contribution < 1.29 is 9.53 Å². The Balaban J connectivity index is 1.82. The average Bonchev–Trinajstić information content (AvgIpc) is 2.94. The van der Waals surface area contributed by atoms with Crippen LogP contribution in [0.15, 0.2) is 24.3 Å². The van der Waals surface area contributed by atoms with E-state index in [0.29, 0.717) is 16.0 Å². The maximum atomic E-state index is 12.1. The molecular weight excluding hydrogens is 328 g/mol. The van der Waals surface area contributed by atoms with Gasteiger partial charge >= 0.3 is 5.97 Å². The van der Waals surface area contributed by atoms with Crippen LogP contribution in [-0.2, 0) is 4.74 Å². The van der Waals surface area contributed by atoms with Crippen LogP contribution in [0.1, 0.15) is 41.8 Å². The van der Waals surface area contributed by atoms with Crippen molar-refractivity contribution >= 4 is 50.4 Å². The van der Waals surface area contributed by atoms with Crippen LogP contribution in [0.2, 0.25) is 0 Å². The summed E-state index contributed by atoms with van der Waals surface area (Å²) in [7, 11) is 1.40. The molecular formula is C17H20N2O2S2. The Bertz CT molecular complexity index is 720. The molecule has 1 aliphatic carbocycles. The summed E-state index contributed by atoms with van der Waals surface area (Å²) in [5.41, 5.74) is 0.741. The van der Waals surface area contributed by atoms with Crippen LogP contribution < -0.4 is 10.6 Å². The van der Waals surface area contributed by atoms with Crippen molar-refractivity contribution in [3.63, 3.8) is 0 Å². The Morgan fingerprint density at radius 1 is 1.26 bits per heavy atom. The van der Waals surface area contributed by atoms with E-state index >= 15 is 0 Å². The number of thiocarbonyl (C=S) groups is 1. The SMILES string of the molecule is COC(=O)c1sc2ccccc2c1NC(=S)NC1CCCCC1. The summed E-state index contributed by atoms with van der Waals surface area (Å²) in [6, 6.07) is 8.33. The molecule has 1 heterocycles. The highest BCUT2D eigenvalue weighted by atomic mass is 32.1. The Morgan fingerprint density at radius 3 is 2.74 bits per heavy atom. The Hall–Kier alpha value is -1.66. The van der Waals surface area contributed by atoms with E-state index in [-0.39, 0.29) is 5.97 Å². The number of thiophene rings is 1. The lowest BCUT2D eigenvalue weighted by atomic mass is 9.96. The number of anilines is 1. The summed E-state index contributed by atoms with van der Waals surface area (Å²) in [5, 5.41) is 8.17. The number of methoxy groups -OCH3 is 1. The Kier molecular flexibility index (Phi) is 5.13. The number of benzene rings is 1. The lowest BCUT2D eigenvalue weighted by Crippen LogP contribution is -2.39. The number of esters is 1. The fraction of sp³-hybridized carbons (Fsp3) is 0.412. The van der Waals surface area contributed by atoms with Crippen LogP contribution in [0.5, 0.6) is 0 Å². The van der Waals surface area contributed by atoms with Gasteiger partial charge in [0.15, 0.2) is 5.11 Å². The predicted octanol–water partition coefficient (Wildman–Crippen LogP) is 4.31. The van der Waals surface area contributed by atoms with Gasteiger partial charge < -0.3 is 15.4 Å². The van der Waals surface area contributed by atoms with E-state index in [1.807, 2.05) is 24.3 Å². The minimum atomic E-state index is -0.339. The van der Waals surface area contributed by atoms with Gasteiger partial charge in [0, 0.05) is 16.1 Å². The number of carbonyl (C=O) groups is 1. The summed E-state index contributed by atoms with van der Waals surface area (Å²) in [6.07, 6.45) is 6.09. The molecule has 2 N–H and O–H groups in total. The van der Waals surface area contributed by atoms with Gasteiger partial charge in [0.1, 0.15) is 4.88 Å². The first-order valence-corrected chi connectivity index (χ1v) is 9.09. The van der Waals surface area contributed by atoms with Crippen molar-refractivity contribution in [2.75, 3.05) is 12.4 Å². The van der Waals surface area contributed by atoms with E-state index < -0.39 is 0 Å². The van der Waals surface area contributed by atoms with Crippen molar-refractivity contribution in [1.82, 2.24) is 5.32 Å². The lowest BCUT2D eigenvalue weighted by Gasteiger charge is -2.24. The number of ether oxygens (including phenoxy) is 1. The molecule has 0 unspecified atom stereocenters. The van der Waals surface area contributed by atoms with Gasteiger partial charge in [0.05, 0.1) is 12.8 Å². The second-order valence-corrected chi connectivity index (χ2v) is 7.19. The third-order valence-electron chi connectivity index (χ3n) is 4.15. The number of hydrogen-bond acceptors (Lipinski definition) is 4. The maximum Gasteiger partial charge on any atom is 0.350 e. The van der Waals surface area contributed by atoms with Crippen molar-refractivity contribution in [3.8, 4) is 0 Å². The molecule has 23 heavy (non-hydrogen) atoms. The molecule has 1 aromatic carbocycles. The molecule has 0 aliphatic heterocycles. The van der Waals surface area contributed by atoms with E-state index in [9.17, 15) is 4.79 Å². The average molecular weight is 348 g/mol. The van der Waals surface area contributed by atoms with E-state index in [0.717, 1.165) is 28.6 Å². The maximum absolute atomic E-state index is 12.1. The molecule has 0 radical (unpaired) electrons. The molecule has 2 aromatic rings. The fourth-order valence-corrected chi connectivity index (χ4v) is 4.33. The molecule has 0 spiro atoms. The monoisotopic (exact) mass is 348 g/mol. The van der Waals surface area contributed by atoms with Crippen LogP contribution in [-0.4, -0.2) is 24.2 Å². The van der Waals surface area contributed by atoms with Crippen molar-refractivity contribution in [2.24, 2.45) is 0 Å². The molecule has 1 aliphatic rings.